The summed E-state index contributed by atoms with van der Waals surface area (Å²) in [5.74, 6) is 0.598. The lowest BCUT2D eigenvalue weighted by Crippen LogP contribution is -2.32. The van der Waals surface area contributed by atoms with E-state index in [-0.39, 0.29) is 11.9 Å². The summed E-state index contributed by atoms with van der Waals surface area (Å²) in [5, 5.41) is 2.94. The van der Waals surface area contributed by atoms with Crippen LogP contribution in [0.5, 0.6) is 5.75 Å². The smallest absolute Gasteiger partial charge is 0.255 e. The summed E-state index contributed by atoms with van der Waals surface area (Å²) in [6.07, 6.45) is 1.85. The molecule has 1 aromatic carbocycles. The summed E-state index contributed by atoms with van der Waals surface area (Å²) >= 11 is 0. The summed E-state index contributed by atoms with van der Waals surface area (Å²) in [7, 11) is 0. The number of rotatable bonds is 6. The number of benzene rings is 1. The van der Waals surface area contributed by atoms with Crippen LogP contribution in [-0.4, -0.2) is 18.6 Å². The van der Waals surface area contributed by atoms with Crippen molar-refractivity contribution in [2.24, 2.45) is 0 Å². The molecule has 0 bridgehead atoms. The van der Waals surface area contributed by atoms with E-state index in [0.717, 1.165) is 12.8 Å². The highest BCUT2D eigenvalue weighted by molar-refractivity contribution is 5.97. The molecule has 0 unspecified atom stereocenters. The van der Waals surface area contributed by atoms with E-state index in [0.29, 0.717) is 17.9 Å². The van der Waals surface area contributed by atoms with Gasteiger partial charge < -0.3 is 10.1 Å². The van der Waals surface area contributed by atoms with E-state index in [1.165, 1.54) is 0 Å². The summed E-state index contributed by atoms with van der Waals surface area (Å²) in [4.78, 5) is 12.0. The van der Waals surface area contributed by atoms with Gasteiger partial charge in [0.25, 0.3) is 5.91 Å². The molecule has 1 N–H and O–H groups in total. The van der Waals surface area contributed by atoms with Gasteiger partial charge in [0.15, 0.2) is 0 Å². The van der Waals surface area contributed by atoms with Crippen LogP contribution in [0.2, 0.25) is 0 Å². The summed E-state index contributed by atoms with van der Waals surface area (Å²) < 4.78 is 5.56. The van der Waals surface area contributed by atoms with Gasteiger partial charge >= 0.3 is 0 Å². The van der Waals surface area contributed by atoms with Crippen molar-refractivity contribution < 1.29 is 9.53 Å². The molecule has 3 nitrogen and oxygen atoms in total. The third kappa shape index (κ3) is 4.10. The standard InChI is InChI=1S/C14H21NO2/c1-4-10-17-13-9-7-6-8-12(13)14(16)15-11(3)5-2/h6-9,11H,4-5,10H2,1-3H3,(H,15,16)/t11-/m0/s1. The molecular weight excluding hydrogens is 214 g/mol. The highest BCUT2D eigenvalue weighted by atomic mass is 16.5. The fourth-order valence-electron chi connectivity index (χ4n) is 1.40. The molecule has 1 atom stereocenters. The van der Waals surface area contributed by atoms with Crippen molar-refractivity contribution in [3.05, 3.63) is 29.8 Å². The number of carbonyl (C=O) groups excluding carboxylic acids is 1. The van der Waals surface area contributed by atoms with Crippen molar-refractivity contribution in [3.8, 4) is 5.75 Å². The minimum Gasteiger partial charge on any atom is -0.493 e. The quantitative estimate of drug-likeness (QED) is 0.823. The number of amides is 1. The van der Waals surface area contributed by atoms with Gasteiger partial charge in [-0.15, -0.1) is 0 Å². The summed E-state index contributed by atoms with van der Waals surface area (Å²) in [5.41, 5.74) is 0.612. The van der Waals surface area contributed by atoms with Gasteiger partial charge in [0.05, 0.1) is 12.2 Å². The Balaban J connectivity index is 2.77. The van der Waals surface area contributed by atoms with Crippen molar-refractivity contribution >= 4 is 5.91 Å². The molecule has 1 amide bonds. The maximum absolute atomic E-state index is 12.0. The zero-order chi connectivity index (χ0) is 12.7. The van der Waals surface area contributed by atoms with Crippen LogP contribution in [0, 0.1) is 0 Å². The lowest BCUT2D eigenvalue weighted by atomic mass is 10.1. The third-order valence-corrected chi connectivity index (χ3v) is 2.58. The average Bonchev–Trinajstić information content (AvgIpc) is 2.36. The molecule has 1 rings (SSSR count). The van der Waals surface area contributed by atoms with E-state index < -0.39 is 0 Å². The monoisotopic (exact) mass is 235 g/mol. The Hall–Kier alpha value is -1.51. The Morgan fingerprint density at radius 1 is 1.35 bits per heavy atom. The summed E-state index contributed by atoms with van der Waals surface area (Å²) in [6, 6.07) is 7.54. The minimum atomic E-state index is -0.0638. The lowest BCUT2D eigenvalue weighted by Gasteiger charge is -2.14. The molecule has 0 aromatic heterocycles. The van der Waals surface area contributed by atoms with Crippen molar-refractivity contribution in [1.82, 2.24) is 5.32 Å². The molecule has 0 aliphatic heterocycles. The zero-order valence-corrected chi connectivity index (χ0v) is 10.8. The van der Waals surface area contributed by atoms with Gasteiger partial charge in [0, 0.05) is 6.04 Å². The molecule has 0 saturated heterocycles. The molecular formula is C14H21NO2. The zero-order valence-electron chi connectivity index (χ0n) is 10.8. The largest absolute Gasteiger partial charge is 0.493 e. The fourth-order valence-corrected chi connectivity index (χ4v) is 1.40. The van der Waals surface area contributed by atoms with Gasteiger partial charge in [0.2, 0.25) is 0 Å². The molecule has 0 fully saturated rings. The number of nitrogens with one attached hydrogen (secondary N) is 1. The van der Waals surface area contributed by atoms with Crippen LogP contribution < -0.4 is 10.1 Å². The van der Waals surface area contributed by atoms with Gasteiger partial charge in [-0.25, -0.2) is 0 Å². The predicted octanol–water partition coefficient (Wildman–Crippen LogP) is 3.00. The Kier molecular flexibility index (Phi) is 5.53. The van der Waals surface area contributed by atoms with Crippen molar-refractivity contribution in [2.45, 2.75) is 39.7 Å². The number of hydrogen-bond acceptors (Lipinski definition) is 2. The molecule has 0 aliphatic carbocycles. The van der Waals surface area contributed by atoms with Gasteiger partial charge in [-0.1, -0.05) is 26.0 Å². The van der Waals surface area contributed by atoms with Crippen LogP contribution in [0.15, 0.2) is 24.3 Å². The molecule has 0 spiro atoms. The van der Waals surface area contributed by atoms with E-state index in [4.69, 9.17) is 4.74 Å². The van der Waals surface area contributed by atoms with Crippen LogP contribution in [-0.2, 0) is 0 Å². The van der Waals surface area contributed by atoms with Gasteiger partial charge in [0.1, 0.15) is 5.75 Å². The van der Waals surface area contributed by atoms with Gasteiger partial charge in [-0.2, -0.15) is 0 Å². The molecule has 0 radical (unpaired) electrons. The Labute approximate surface area is 103 Å². The third-order valence-electron chi connectivity index (χ3n) is 2.58. The van der Waals surface area contributed by atoms with Crippen molar-refractivity contribution in [1.29, 1.82) is 0 Å². The maximum Gasteiger partial charge on any atom is 0.255 e. The first-order valence-electron chi connectivity index (χ1n) is 6.21. The van der Waals surface area contributed by atoms with Gasteiger partial charge in [-0.05, 0) is 31.9 Å². The SMILES string of the molecule is CCCOc1ccccc1C(=O)N[C@@H](C)CC. The van der Waals surface area contributed by atoms with Crippen molar-refractivity contribution in [3.63, 3.8) is 0 Å². The Morgan fingerprint density at radius 3 is 2.71 bits per heavy atom. The molecule has 0 aliphatic rings. The van der Waals surface area contributed by atoms with Gasteiger partial charge in [-0.3, -0.25) is 4.79 Å². The topological polar surface area (TPSA) is 38.3 Å². The first-order valence-corrected chi connectivity index (χ1v) is 6.21. The molecule has 17 heavy (non-hydrogen) atoms. The first-order chi connectivity index (χ1) is 8.19. The molecule has 3 heteroatoms. The second-order valence-corrected chi connectivity index (χ2v) is 4.13. The van der Waals surface area contributed by atoms with E-state index in [1.807, 2.05) is 39.0 Å². The van der Waals surface area contributed by atoms with Crippen LogP contribution in [0.25, 0.3) is 0 Å². The Bertz CT molecular complexity index is 363. The second kappa shape index (κ2) is 6.94. The van der Waals surface area contributed by atoms with E-state index in [1.54, 1.807) is 6.07 Å². The Morgan fingerprint density at radius 2 is 2.06 bits per heavy atom. The van der Waals surface area contributed by atoms with Crippen molar-refractivity contribution in [2.75, 3.05) is 6.61 Å². The predicted molar refractivity (Wildman–Crippen MR) is 69.4 cm³/mol. The van der Waals surface area contributed by atoms with Crippen LogP contribution in [0.4, 0.5) is 0 Å². The van der Waals surface area contributed by atoms with E-state index in [2.05, 4.69) is 5.32 Å². The average molecular weight is 235 g/mol. The number of hydrogen-bond donors (Lipinski definition) is 1. The maximum atomic E-state index is 12.0. The molecule has 0 heterocycles. The van der Waals surface area contributed by atoms with E-state index >= 15 is 0 Å². The van der Waals surface area contributed by atoms with Crippen LogP contribution >= 0.6 is 0 Å². The lowest BCUT2D eigenvalue weighted by molar-refractivity contribution is 0.0935. The number of ether oxygens (including phenoxy) is 1. The van der Waals surface area contributed by atoms with E-state index in [9.17, 15) is 4.79 Å². The molecule has 1 aromatic rings. The number of para-hydroxylation sites is 1. The van der Waals surface area contributed by atoms with Crippen LogP contribution in [0.1, 0.15) is 44.0 Å². The highest BCUT2D eigenvalue weighted by Gasteiger charge is 2.13. The number of carbonyl (C=O) groups is 1. The second-order valence-electron chi connectivity index (χ2n) is 4.13. The fraction of sp³-hybridized carbons (Fsp3) is 0.500. The minimum absolute atomic E-state index is 0.0638. The highest BCUT2D eigenvalue weighted by Crippen LogP contribution is 2.18. The first kappa shape index (κ1) is 13.6. The molecule has 94 valence electrons. The summed E-state index contributed by atoms with van der Waals surface area (Å²) in [6.45, 7) is 6.72. The normalized spacial score (nSPS) is 11.9. The molecule has 0 saturated carbocycles. The van der Waals surface area contributed by atoms with Crippen LogP contribution in [0.3, 0.4) is 0 Å².